The molecule has 8 heteroatoms. The predicted molar refractivity (Wildman–Crippen MR) is 142 cm³/mol. The third kappa shape index (κ3) is 4.58. The first-order valence-electron chi connectivity index (χ1n) is 12.6. The van der Waals surface area contributed by atoms with Crippen molar-refractivity contribution in [3.8, 4) is 5.75 Å². The van der Waals surface area contributed by atoms with Crippen molar-refractivity contribution in [2.45, 2.75) is 45.4 Å². The van der Waals surface area contributed by atoms with E-state index >= 15 is 0 Å². The number of aromatic nitrogens is 2. The summed E-state index contributed by atoms with van der Waals surface area (Å²) in [5.74, 6) is -0.321. The van der Waals surface area contributed by atoms with Gasteiger partial charge in [-0.3, -0.25) is 14.7 Å². The second kappa shape index (κ2) is 10.3. The standard InChI is InChI=1S/C29H31N3O5/c1-4-37-18-10-13-32(16-22-25(36-3)14-17(2)27-26(22)24(33)9-12-31-27)23(15-18)19-7-8-21(29(34)35)28-20(19)6-5-11-30-28/h5-9,11-12,14,18,23H,4,10,13,15-16H2,1-3H3,(H,31,33)(H,34,35)/t18-,23-/m0/s1. The summed E-state index contributed by atoms with van der Waals surface area (Å²) in [7, 11) is 1.63. The molecular weight excluding hydrogens is 470 g/mol. The minimum Gasteiger partial charge on any atom is -0.496 e. The Labute approximate surface area is 214 Å². The zero-order chi connectivity index (χ0) is 26.1. The van der Waals surface area contributed by atoms with Gasteiger partial charge in [0.1, 0.15) is 5.75 Å². The van der Waals surface area contributed by atoms with Crippen LogP contribution in [0.25, 0.3) is 21.8 Å². The lowest BCUT2D eigenvalue weighted by Gasteiger charge is -2.40. The van der Waals surface area contributed by atoms with Gasteiger partial charge in [0.25, 0.3) is 0 Å². The van der Waals surface area contributed by atoms with Crippen molar-refractivity contribution < 1.29 is 19.4 Å². The number of carboxylic acid groups (broad SMARTS) is 1. The smallest absolute Gasteiger partial charge is 0.337 e. The molecule has 0 radical (unpaired) electrons. The van der Waals surface area contributed by atoms with Crippen LogP contribution in [0, 0.1) is 6.92 Å². The number of nitrogens with zero attached hydrogens (tertiary/aromatic N) is 2. The van der Waals surface area contributed by atoms with Crippen molar-refractivity contribution in [1.82, 2.24) is 14.9 Å². The molecule has 2 N–H and O–H groups in total. The first kappa shape index (κ1) is 24.9. The van der Waals surface area contributed by atoms with Crippen LogP contribution in [0.2, 0.25) is 0 Å². The van der Waals surface area contributed by atoms with Crippen molar-refractivity contribution in [3.63, 3.8) is 0 Å². The average Bonchev–Trinajstić information content (AvgIpc) is 2.90. The Hall–Kier alpha value is -3.75. The number of fused-ring (bicyclic) bond motifs is 2. The molecule has 4 aromatic rings. The topological polar surface area (TPSA) is 105 Å². The van der Waals surface area contributed by atoms with E-state index in [-0.39, 0.29) is 23.1 Å². The van der Waals surface area contributed by atoms with Gasteiger partial charge in [0.05, 0.1) is 35.2 Å². The number of piperidine rings is 1. The quantitative estimate of drug-likeness (QED) is 0.374. The number of aromatic carboxylic acids is 1. The van der Waals surface area contributed by atoms with Crippen LogP contribution in [0.3, 0.4) is 0 Å². The second-order valence-corrected chi connectivity index (χ2v) is 9.46. The fourth-order valence-electron chi connectivity index (χ4n) is 5.65. The van der Waals surface area contributed by atoms with E-state index in [1.54, 1.807) is 31.6 Å². The number of carboxylic acids is 1. The summed E-state index contributed by atoms with van der Waals surface area (Å²) in [5, 5.41) is 11.2. The second-order valence-electron chi connectivity index (χ2n) is 9.46. The predicted octanol–water partition coefficient (Wildman–Crippen LogP) is 4.83. The number of H-pyrrole nitrogens is 1. The van der Waals surface area contributed by atoms with Gasteiger partial charge in [-0.05, 0) is 56.0 Å². The normalized spacial score (nSPS) is 18.4. The molecule has 1 fully saturated rings. The number of hydrogen-bond acceptors (Lipinski definition) is 6. The van der Waals surface area contributed by atoms with E-state index in [9.17, 15) is 14.7 Å². The SMILES string of the molecule is CCO[C@H]1CCN(Cc2c(OC)cc(C)c3[nH]ccc(=O)c23)[C@H](c2ccc(C(=O)O)c3ncccc23)C1. The van der Waals surface area contributed by atoms with Crippen molar-refractivity contribution in [1.29, 1.82) is 0 Å². The number of aromatic amines is 1. The molecule has 5 rings (SSSR count). The fourth-order valence-corrected chi connectivity index (χ4v) is 5.65. The third-order valence-electron chi connectivity index (χ3n) is 7.34. The third-order valence-corrected chi connectivity index (χ3v) is 7.34. The highest BCUT2D eigenvalue weighted by molar-refractivity contribution is 6.02. The Kier molecular flexibility index (Phi) is 6.95. The molecule has 0 amide bonds. The van der Waals surface area contributed by atoms with E-state index in [4.69, 9.17) is 9.47 Å². The molecule has 0 spiro atoms. The molecule has 1 aliphatic heterocycles. The van der Waals surface area contributed by atoms with Gasteiger partial charge >= 0.3 is 5.97 Å². The largest absolute Gasteiger partial charge is 0.496 e. The summed E-state index contributed by atoms with van der Waals surface area (Å²) in [5.41, 5.74) is 4.20. The molecule has 2 aromatic heterocycles. The first-order valence-corrected chi connectivity index (χ1v) is 12.6. The highest BCUT2D eigenvalue weighted by Gasteiger charge is 2.33. The summed E-state index contributed by atoms with van der Waals surface area (Å²) < 4.78 is 11.8. The van der Waals surface area contributed by atoms with E-state index in [0.717, 1.165) is 47.0 Å². The molecule has 0 saturated carbocycles. The zero-order valence-corrected chi connectivity index (χ0v) is 21.3. The van der Waals surface area contributed by atoms with Crippen LogP contribution >= 0.6 is 0 Å². The van der Waals surface area contributed by atoms with Gasteiger partial charge < -0.3 is 19.6 Å². The van der Waals surface area contributed by atoms with Gasteiger partial charge in [-0.1, -0.05) is 12.1 Å². The van der Waals surface area contributed by atoms with Gasteiger partial charge in [0, 0.05) is 55.1 Å². The number of carbonyl (C=O) groups is 1. The average molecular weight is 502 g/mol. The highest BCUT2D eigenvalue weighted by Crippen LogP contribution is 2.39. The molecule has 2 aromatic carbocycles. The molecule has 2 atom stereocenters. The molecule has 1 saturated heterocycles. The molecule has 0 unspecified atom stereocenters. The number of aryl methyl sites for hydroxylation is 1. The maximum atomic E-state index is 13.0. The lowest BCUT2D eigenvalue weighted by molar-refractivity contribution is -0.0135. The Morgan fingerprint density at radius 1 is 1.27 bits per heavy atom. The first-order chi connectivity index (χ1) is 17.9. The molecule has 0 bridgehead atoms. The number of methoxy groups -OCH3 is 1. The number of likely N-dealkylation sites (tertiary alicyclic amines) is 1. The van der Waals surface area contributed by atoms with Gasteiger partial charge in [-0.15, -0.1) is 0 Å². The monoisotopic (exact) mass is 501 g/mol. The fraction of sp³-hybridized carbons (Fsp3) is 0.345. The molecule has 3 heterocycles. The van der Waals surface area contributed by atoms with Crippen LogP contribution in [-0.4, -0.2) is 52.3 Å². The number of hydrogen-bond donors (Lipinski definition) is 2. The summed E-state index contributed by atoms with van der Waals surface area (Å²) in [6.07, 6.45) is 4.98. The zero-order valence-electron chi connectivity index (χ0n) is 21.3. The Balaban J connectivity index is 1.65. The number of benzene rings is 2. The molecule has 0 aliphatic carbocycles. The highest BCUT2D eigenvalue weighted by atomic mass is 16.5. The molecule has 37 heavy (non-hydrogen) atoms. The summed E-state index contributed by atoms with van der Waals surface area (Å²) >= 11 is 0. The van der Waals surface area contributed by atoms with E-state index < -0.39 is 5.97 Å². The van der Waals surface area contributed by atoms with Crippen molar-refractivity contribution in [2.75, 3.05) is 20.3 Å². The lowest BCUT2D eigenvalue weighted by atomic mass is 9.89. The molecular formula is C29H31N3O5. The van der Waals surface area contributed by atoms with E-state index in [1.807, 2.05) is 38.1 Å². The van der Waals surface area contributed by atoms with Crippen LogP contribution in [0.15, 0.2) is 53.6 Å². The van der Waals surface area contributed by atoms with E-state index in [1.165, 1.54) is 0 Å². The lowest BCUT2D eigenvalue weighted by Crippen LogP contribution is -2.39. The van der Waals surface area contributed by atoms with Crippen molar-refractivity contribution >= 4 is 27.8 Å². The minimum atomic E-state index is -1.00. The number of pyridine rings is 2. The van der Waals surface area contributed by atoms with E-state index in [2.05, 4.69) is 14.9 Å². The maximum Gasteiger partial charge on any atom is 0.337 e. The molecule has 1 aliphatic rings. The van der Waals surface area contributed by atoms with Gasteiger partial charge in [0.2, 0.25) is 0 Å². The maximum absolute atomic E-state index is 13.0. The molecule has 192 valence electrons. The van der Waals surface area contributed by atoms with Crippen LogP contribution in [-0.2, 0) is 11.3 Å². The van der Waals surface area contributed by atoms with E-state index in [0.29, 0.717) is 29.8 Å². The van der Waals surface area contributed by atoms with Gasteiger partial charge in [0.15, 0.2) is 5.43 Å². The Morgan fingerprint density at radius 2 is 2.11 bits per heavy atom. The van der Waals surface area contributed by atoms with Gasteiger partial charge in [-0.2, -0.15) is 0 Å². The summed E-state index contributed by atoms with van der Waals surface area (Å²) in [6, 6.07) is 10.8. The van der Waals surface area contributed by atoms with Crippen LogP contribution < -0.4 is 10.2 Å². The number of nitrogens with one attached hydrogen (secondary N) is 1. The molecule has 8 nitrogen and oxygen atoms in total. The van der Waals surface area contributed by atoms with Crippen LogP contribution in [0.1, 0.15) is 52.9 Å². The van der Waals surface area contributed by atoms with Crippen molar-refractivity contribution in [2.24, 2.45) is 0 Å². The Bertz CT molecular complexity index is 1530. The number of ether oxygens (including phenoxy) is 2. The van der Waals surface area contributed by atoms with Gasteiger partial charge in [-0.25, -0.2) is 4.79 Å². The minimum absolute atomic E-state index is 0.0491. The van der Waals surface area contributed by atoms with Crippen LogP contribution in [0.5, 0.6) is 5.75 Å². The van der Waals surface area contributed by atoms with Crippen molar-refractivity contribution in [3.05, 3.63) is 81.3 Å². The van der Waals surface area contributed by atoms with Crippen LogP contribution in [0.4, 0.5) is 0 Å². The summed E-state index contributed by atoms with van der Waals surface area (Å²) in [4.78, 5) is 34.9. The summed E-state index contributed by atoms with van der Waals surface area (Å²) in [6.45, 7) is 5.84. The Morgan fingerprint density at radius 3 is 2.86 bits per heavy atom. The number of rotatable bonds is 7.